The topological polar surface area (TPSA) is 117 Å². The molecule has 0 saturated carbocycles. The minimum atomic E-state index is 0.0463. The number of hydrogen-bond donors (Lipinski definition) is 6. The monoisotopic (exact) mass is 272 g/mol. The quantitative estimate of drug-likeness (QED) is 0.230. The van der Waals surface area contributed by atoms with E-state index in [-0.39, 0.29) is 25.3 Å². The van der Waals surface area contributed by atoms with Gasteiger partial charge in [0.1, 0.15) is 0 Å². The Hall–Kier alpha value is 0.460. The maximum absolute atomic E-state index is 8.50. The van der Waals surface area contributed by atoms with E-state index in [4.69, 9.17) is 21.9 Å². The van der Waals surface area contributed by atoms with E-state index in [1.165, 1.54) is 0 Å². The normalized spacial score (nSPS) is 13.9. The minimum absolute atomic E-state index is 0.0463. The smallest absolute Gasteiger partial charge is 0.0606 e. The Morgan fingerprint density at radius 1 is 0.938 bits per heavy atom. The van der Waals surface area contributed by atoms with Crippen LogP contribution in [0.3, 0.4) is 0 Å². The SMILES string of the molecule is CSC[C@@H](CO)NN.CSC[C@H](CO)NN. The van der Waals surface area contributed by atoms with Crippen molar-refractivity contribution in [2.24, 2.45) is 11.7 Å². The Morgan fingerprint density at radius 3 is 1.31 bits per heavy atom. The first-order chi connectivity index (χ1) is 7.69. The van der Waals surface area contributed by atoms with Gasteiger partial charge in [-0.05, 0) is 12.5 Å². The van der Waals surface area contributed by atoms with Crippen LogP contribution in [0.5, 0.6) is 0 Å². The highest BCUT2D eigenvalue weighted by molar-refractivity contribution is 7.98. The summed E-state index contributed by atoms with van der Waals surface area (Å²) in [5.74, 6) is 11.8. The summed E-state index contributed by atoms with van der Waals surface area (Å²) < 4.78 is 0. The highest BCUT2D eigenvalue weighted by Gasteiger charge is 2.00. The van der Waals surface area contributed by atoms with Gasteiger partial charge in [-0.25, -0.2) is 0 Å². The lowest BCUT2D eigenvalue weighted by atomic mass is 10.4. The van der Waals surface area contributed by atoms with Gasteiger partial charge in [-0.15, -0.1) is 0 Å². The summed E-state index contributed by atoms with van der Waals surface area (Å²) in [4.78, 5) is 0. The van der Waals surface area contributed by atoms with Crippen molar-refractivity contribution < 1.29 is 10.2 Å². The van der Waals surface area contributed by atoms with Crippen molar-refractivity contribution in [1.82, 2.24) is 10.9 Å². The molecule has 2 atom stereocenters. The van der Waals surface area contributed by atoms with Gasteiger partial charge in [0, 0.05) is 11.5 Å². The second-order valence-corrected chi connectivity index (χ2v) is 4.82. The molecule has 0 unspecified atom stereocenters. The fourth-order valence-electron chi connectivity index (χ4n) is 0.709. The molecule has 8 N–H and O–H groups in total. The van der Waals surface area contributed by atoms with Crippen LogP contribution in [0, 0.1) is 0 Å². The van der Waals surface area contributed by atoms with E-state index >= 15 is 0 Å². The number of hydrogen-bond acceptors (Lipinski definition) is 8. The molecule has 16 heavy (non-hydrogen) atoms. The van der Waals surface area contributed by atoms with Crippen molar-refractivity contribution in [3.63, 3.8) is 0 Å². The van der Waals surface area contributed by atoms with Crippen LogP contribution in [-0.2, 0) is 0 Å². The molecule has 0 spiro atoms. The van der Waals surface area contributed by atoms with Crippen LogP contribution in [0.25, 0.3) is 0 Å². The van der Waals surface area contributed by atoms with Crippen molar-refractivity contribution in [2.75, 3.05) is 37.2 Å². The third kappa shape index (κ3) is 12.5. The van der Waals surface area contributed by atoms with Gasteiger partial charge in [0.2, 0.25) is 0 Å². The maximum atomic E-state index is 8.50. The molecule has 0 fully saturated rings. The van der Waals surface area contributed by atoms with Crippen molar-refractivity contribution in [2.45, 2.75) is 12.1 Å². The number of aliphatic hydroxyl groups is 2. The summed E-state index contributed by atoms with van der Waals surface area (Å²) in [7, 11) is 0. The van der Waals surface area contributed by atoms with Gasteiger partial charge < -0.3 is 10.2 Å². The molecule has 0 saturated heterocycles. The molecule has 0 aromatic carbocycles. The molecular formula is C8H24N4O2S2. The number of rotatable bonds is 8. The molecule has 0 aliphatic carbocycles. The van der Waals surface area contributed by atoms with E-state index in [9.17, 15) is 0 Å². The van der Waals surface area contributed by atoms with Crippen LogP contribution < -0.4 is 22.5 Å². The van der Waals surface area contributed by atoms with E-state index in [0.29, 0.717) is 0 Å². The standard InChI is InChI=1S/2C4H12N2OS/c2*1-8-3-4(2-7)6-5/h2*4,6-7H,2-3,5H2,1H3/t2*4-/m10/s1. The summed E-state index contributed by atoms with van der Waals surface area (Å²) in [5.41, 5.74) is 4.96. The third-order valence-electron chi connectivity index (χ3n) is 1.65. The molecule has 0 rings (SSSR count). The van der Waals surface area contributed by atoms with Crippen molar-refractivity contribution in [3.8, 4) is 0 Å². The molecular weight excluding hydrogens is 248 g/mol. The Balaban J connectivity index is 0. The predicted molar refractivity (Wildman–Crippen MR) is 73.2 cm³/mol. The average Bonchev–Trinajstić information content (AvgIpc) is 2.33. The Morgan fingerprint density at radius 2 is 1.25 bits per heavy atom. The highest BCUT2D eigenvalue weighted by Crippen LogP contribution is 1.94. The molecule has 0 bridgehead atoms. The minimum Gasteiger partial charge on any atom is -0.395 e. The number of nitrogens with one attached hydrogen (secondary N) is 2. The third-order valence-corrected chi connectivity index (χ3v) is 3.12. The first-order valence-electron chi connectivity index (χ1n) is 4.81. The van der Waals surface area contributed by atoms with Crippen LogP contribution in [0.1, 0.15) is 0 Å². The fraction of sp³-hybridized carbons (Fsp3) is 1.00. The second kappa shape index (κ2) is 15.5. The summed E-state index contributed by atoms with van der Waals surface area (Å²) in [5, 5.41) is 17.0. The van der Waals surface area contributed by atoms with Crippen LogP contribution in [0.2, 0.25) is 0 Å². The van der Waals surface area contributed by atoms with E-state index in [1.54, 1.807) is 23.5 Å². The Kier molecular flexibility index (Phi) is 18.2. The number of aliphatic hydroxyl groups excluding tert-OH is 2. The molecule has 6 nitrogen and oxygen atoms in total. The maximum Gasteiger partial charge on any atom is 0.0606 e. The zero-order valence-electron chi connectivity index (χ0n) is 9.85. The van der Waals surface area contributed by atoms with E-state index < -0.39 is 0 Å². The van der Waals surface area contributed by atoms with Crippen LogP contribution in [0.15, 0.2) is 0 Å². The first kappa shape index (κ1) is 18.8. The van der Waals surface area contributed by atoms with Gasteiger partial charge in [0.05, 0.1) is 25.3 Å². The zero-order valence-corrected chi connectivity index (χ0v) is 11.5. The summed E-state index contributed by atoms with van der Waals surface area (Å²) >= 11 is 3.31. The van der Waals surface area contributed by atoms with E-state index in [0.717, 1.165) is 11.5 Å². The molecule has 0 aromatic heterocycles. The van der Waals surface area contributed by atoms with Gasteiger partial charge in [0.25, 0.3) is 0 Å². The average molecular weight is 272 g/mol. The molecule has 0 radical (unpaired) electrons. The fourth-order valence-corrected chi connectivity index (χ4v) is 1.92. The van der Waals surface area contributed by atoms with Crippen molar-refractivity contribution >= 4 is 23.5 Å². The molecule has 0 aromatic rings. The molecule has 0 aliphatic rings. The van der Waals surface area contributed by atoms with E-state index in [1.807, 2.05) is 12.5 Å². The van der Waals surface area contributed by atoms with Gasteiger partial charge in [-0.1, -0.05) is 0 Å². The van der Waals surface area contributed by atoms with Gasteiger partial charge in [-0.2, -0.15) is 23.5 Å². The lowest BCUT2D eigenvalue weighted by molar-refractivity contribution is 0.255. The number of nitrogens with two attached hydrogens (primary N) is 2. The van der Waals surface area contributed by atoms with Crippen LogP contribution in [0.4, 0.5) is 0 Å². The summed E-state index contributed by atoms with van der Waals surface area (Å²) in [6, 6.07) is 0.0926. The summed E-state index contributed by atoms with van der Waals surface area (Å²) in [6.45, 7) is 0.217. The molecule has 0 aliphatic heterocycles. The second-order valence-electron chi connectivity index (χ2n) is 3.00. The lowest BCUT2D eigenvalue weighted by Crippen LogP contribution is -2.39. The lowest BCUT2D eigenvalue weighted by Gasteiger charge is -2.08. The molecule has 100 valence electrons. The molecule has 0 heterocycles. The molecule has 0 amide bonds. The number of hydrazine groups is 2. The van der Waals surface area contributed by atoms with E-state index in [2.05, 4.69) is 10.9 Å². The van der Waals surface area contributed by atoms with Gasteiger partial charge in [-0.3, -0.25) is 22.5 Å². The predicted octanol–water partition coefficient (Wildman–Crippen LogP) is -1.65. The van der Waals surface area contributed by atoms with Crippen molar-refractivity contribution in [3.05, 3.63) is 0 Å². The van der Waals surface area contributed by atoms with Crippen molar-refractivity contribution in [1.29, 1.82) is 0 Å². The van der Waals surface area contributed by atoms with Crippen LogP contribution >= 0.6 is 23.5 Å². The first-order valence-corrected chi connectivity index (χ1v) is 7.60. The highest BCUT2D eigenvalue weighted by atomic mass is 32.2. The largest absolute Gasteiger partial charge is 0.395 e. The van der Waals surface area contributed by atoms with Gasteiger partial charge >= 0.3 is 0 Å². The van der Waals surface area contributed by atoms with Gasteiger partial charge in [0.15, 0.2) is 0 Å². The zero-order chi connectivity index (χ0) is 12.8. The van der Waals surface area contributed by atoms with Crippen LogP contribution in [-0.4, -0.2) is 59.5 Å². The summed E-state index contributed by atoms with van der Waals surface area (Å²) in [6.07, 6.45) is 3.94. The molecule has 8 heteroatoms. The Labute approximate surface area is 106 Å². The number of thioether (sulfide) groups is 2. The Bertz CT molecular complexity index is 113.